The second-order valence-electron chi connectivity index (χ2n) is 9.50. The lowest BCUT2D eigenvalue weighted by Gasteiger charge is -2.43. The van der Waals surface area contributed by atoms with Crippen molar-refractivity contribution in [2.24, 2.45) is 0 Å². The van der Waals surface area contributed by atoms with Gasteiger partial charge in [0.25, 0.3) is 0 Å². The van der Waals surface area contributed by atoms with Gasteiger partial charge in [-0.3, -0.25) is 9.69 Å². The lowest BCUT2D eigenvalue weighted by atomic mass is 9.96. The van der Waals surface area contributed by atoms with Crippen molar-refractivity contribution in [2.75, 3.05) is 66.1 Å². The summed E-state index contributed by atoms with van der Waals surface area (Å²) in [6, 6.07) is 16.5. The van der Waals surface area contributed by atoms with Crippen LogP contribution in [0.2, 0.25) is 0 Å². The fraction of sp³-hybridized carbons (Fsp3) is 0.519. The number of rotatable bonds is 9. The Morgan fingerprint density at radius 1 is 1.03 bits per heavy atom. The van der Waals surface area contributed by atoms with Gasteiger partial charge < -0.3 is 19.3 Å². The first-order chi connectivity index (χ1) is 16.5. The Morgan fingerprint density at radius 2 is 1.76 bits per heavy atom. The molecular formula is C27H36FN3O3. The zero-order chi connectivity index (χ0) is 23.8. The van der Waals surface area contributed by atoms with E-state index in [-0.39, 0.29) is 24.8 Å². The predicted octanol–water partition coefficient (Wildman–Crippen LogP) is 3.07. The van der Waals surface area contributed by atoms with Crippen molar-refractivity contribution in [3.63, 3.8) is 0 Å². The van der Waals surface area contributed by atoms with E-state index in [4.69, 9.17) is 9.47 Å². The smallest absolute Gasteiger partial charge is 0.225 e. The van der Waals surface area contributed by atoms with Crippen molar-refractivity contribution >= 4 is 5.91 Å². The summed E-state index contributed by atoms with van der Waals surface area (Å²) in [7, 11) is 2.08. The van der Waals surface area contributed by atoms with E-state index in [1.165, 1.54) is 17.7 Å². The third kappa shape index (κ3) is 7.01. The van der Waals surface area contributed by atoms with Gasteiger partial charge in [0.1, 0.15) is 23.8 Å². The molecule has 2 aromatic carbocycles. The standard InChI is InChI=1S/C27H36FN3O3/c1-29-14-16-31(17-15-29)26(32)20-27(22-33-25-11-9-24(28)10-12-25)21-30(18-19-34-27)13-5-8-23-6-3-2-4-7-23/h2-4,6-7,9-12H,5,8,13-22H2,1H3/t27-/m1/s1. The molecule has 2 saturated heterocycles. The number of halogens is 1. The number of hydrogen-bond acceptors (Lipinski definition) is 5. The van der Waals surface area contributed by atoms with Gasteiger partial charge in [0.15, 0.2) is 0 Å². The van der Waals surface area contributed by atoms with E-state index < -0.39 is 5.60 Å². The third-order valence-electron chi connectivity index (χ3n) is 6.76. The van der Waals surface area contributed by atoms with Gasteiger partial charge in [0.05, 0.1) is 13.0 Å². The summed E-state index contributed by atoms with van der Waals surface area (Å²) in [6.07, 6.45) is 2.36. The number of amides is 1. The van der Waals surface area contributed by atoms with Crippen molar-refractivity contribution in [1.82, 2.24) is 14.7 Å². The molecule has 2 aliphatic rings. The molecule has 0 bridgehead atoms. The number of aryl methyl sites for hydroxylation is 1. The lowest BCUT2D eigenvalue weighted by molar-refractivity contribution is -0.157. The van der Waals surface area contributed by atoms with Crippen LogP contribution in [0.1, 0.15) is 18.4 Å². The van der Waals surface area contributed by atoms with Gasteiger partial charge in [-0.1, -0.05) is 30.3 Å². The maximum atomic E-state index is 13.3. The van der Waals surface area contributed by atoms with Gasteiger partial charge in [0, 0.05) is 39.3 Å². The van der Waals surface area contributed by atoms with E-state index in [9.17, 15) is 9.18 Å². The monoisotopic (exact) mass is 469 g/mol. The highest BCUT2D eigenvalue weighted by Gasteiger charge is 2.41. The fourth-order valence-electron chi connectivity index (χ4n) is 4.70. The van der Waals surface area contributed by atoms with E-state index in [1.54, 1.807) is 12.1 Å². The van der Waals surface area contributed by atoms with Gasteiger partial charge >= 0.3 is 0 Å². The first-order valence-electron chi connectivity index (χ1n) is 12.3. The number of nitrogens with zero attached hydrogens (tertiary/aromatic N) is 3. The SMILES string of the molecule is CN1CCN(C(=O)C[C@]2(COc3ccc(F)cc3)CN(CCCc3ccccc3)CCO2)CC1. The molecule has 2 aromatic rings. The molecule has 0 aromatic heterocycles. The highest BCUT2D eigenvalue weighted by molar-refractivity contribution is 5.77. The second-order valence-corrected chi connectivity index (χ2v) is 9.50. The number of likely N-dealkylation sites (N-methyl/N-ethyl adjacent to an activating group) is 1. The number of ether oxygens (including phenoxy) is 2. The highest BCUT2D eigenvalue weighted by atomic mass is 19.1. The first kappa shape index (κ1) is 24.6. The highest BCUT2D eigenvalue weighted by Crippen LogP contribution is 2.26. The molecule has 34 heavy (non-hydrogen) atoms. The molecule has 4 rings (SSSR count). The van der Waals surface area contributed by atoms with Crippen LogP contribution in [0.25, 0.3) is 0 Å². The molecule has 2 fully saturated rings. The molecule has 7 heteroatoms. The topological polar surface area (TPSA) is 45.2 Å². The van der Waals surface area contributed by atoms with Crippen LogP contribution in [0.3, 0.4) is 0 Å². The van der Waals surface area contributed by atoms with Crippen molar-refractivity contribution in [2.45, 2.75) is 24.9 Å². The van der Waals surface area contributed by atoms with Gasteiger partial charge in [-0.15, -0.1) is 0 Å². The molecular weight excluding hydrogens is 433 g/mol. The second kappa shape index (κ2) is 11.8. The summed E-state index contributed by atoms with van der Waals surface area (Å²) in [5.74, 6) is 0.394. The van der Waals surface area contributed by atoms with E-state index in [0.29, 0.717) is 18.9 Å². The zero-order valence-electron chi connectivity index (χ0n) is 20.1. The number of benzene rings is 2. The fourth-order valence-corrected chi connectivity index (χ4v) is 4.70. The van der Waals surface area contributed by atoms with Crippen LogP contribution in [0.15, 0.2) is 54.6 Å². The Kier molecular flexibility index (Phi) is 8.53. The number of carbonyl (C=O) groups excluding carboxylic acids is 1. The predicted molar refractivity (Wildman–Crippen MR) is 130 cm³/mol. The van der Waals surface area contributed by atoms with Gasteiger partial charge in [-0.2, -0.15) is 0 Å². The quantitative estimate of drug-likeness (QED) is 0.565. The summed E-state index contributed by atoms with van der Waals surface area (Å²) in [5.41, 5.74) is 0.617. The van der Waals surface area contributed by atoms with Gasteiger partial charge in [0.2, 0.25) is 5.91 Å². The molecule has 0 N–H and O–H groups in total. The molecule has 2 heterocycles. The summed E-state index contributed by atoms with van der Waals surface area (Å²) >= 11 is 0. The van der Waals surface area contributed by atoms with Crippen LogP contribution >= 0.6 is 0 Å². The summed E-state index contributed by atoms with van der Waals surface area (Å²) in [5, 5.41) is 0. The molecule has 0 spiro atoms. The van der Waals surface area contributed by atoms with Crippen LogP contribution in [0, 0.1) is 5.82 Å². The molecule has 2 aliphatic heterocycles. The molecule has 6 nitrogen and oxygen atoms in total. The number of carbonyl (C=O) groups is 1. The van der Waals surface area contributed by atoms with E-state index >= 15 is 0 Å². The average Bonchev–Trinajstić information content (AvgIpc) is 2.85. The number of morpholine rings is 1. The third-order valence-corrected chi connectivity index (χ3v) is 6.76. The van der Waals surface area contributed by atoms with Crippen LogP contribution in [-0.4, -0.2) is 92.3 Å². The van der Waals surface area contributed by atoms with Crippen molar-refractivity contribution < 1.29 is 18.7 Å². The molecule has 0 unspecified atom stereocenters. The number of piperazine rings is 1. The maximum Gasteiger partial charge on any atom is 0.225 e. The van der Waals surface area contributed by atoms with E-state index in [1.807, 2.05) is 11.0 Å². The molecule has 1 atom stereocenters. The summed E-state index contributed by atoms with van der Waals surface area (Å²) < 4.78 is 25.6. The Morgan fingerprint density at radius 3 is 2.50 bits per heavy atom. The summed E-state index contributed by atoms with van der Waals surface area (Å²) in [4.78, 5) is 19.8. The molecule has 0 aliphatic carbocycles. The molecule has 184 valence electrons. The lowest BCUT2D eigenvalue weighted by Crippen LogP contribution is -2.58. The summed E-state index contributed by atoms with van der Waals surface area (Å²) in [6.45, 7) is 6.50. The molecule has 1 amide bonds. The van der Waals surface area contributed by atoms with Crippen LogP contribution in [-0.2, 0) is 16.0 Å². The van der Waals surface area contributed by atoms with Gasteiger partial charge in [-0.25, -0.2) is 4.39 Å². The molecule has 0 radical (unpaired) electrons. The van der Waals surface area contributed by atoms with E-state index in [0.717, 1.165) is 52.1 Å². The largest absolute Gasteiger partial charge is 0.491 e. The van der Waals surface area contributed by atoms with E-state index in [2.05, 4.69) is 41.1 Å². The van der Waals surface area contributed by atoms with Crippen molar-refractivity contribution in [3.8, 4) is 5.75 Å². The van der Waals surface area contributed by atoms with Crippen LogP contribution in [0.5, 0.6) is 5.75 Å². The Balaban J connectivity index is 1.40. The normalized spacial score (nSPS) is 22.0. The Hall–Kier alpha value is -2.48. The minimum Gasteiger partial charge on any atom is -0.491 e. The Bertz CT molecular complexity index is 903. The zero-order valence-corrected chi connectivity index (χ0v) is 20.1. The Labute approximate surface area is 202 Å². The first-order valence-corrected chi connectivity index (χ1v) is 12.3. The molecule has 0 saturated carbocycles. The minimum absolute atomic E-state index is 0.113. The maximum absolute atomic E-state index is 13.3. The van der Waals surface area contributed by atoms with Gasteiger partial charge in [-0.05, 0) is 56.3 Å². The van der Waals surface area contributed by atoms with Crippen molar-refractivity contribution in [3.05, 3.63) is 66.0 Å². The minimum atomic E-state index is -0.722. The van der Waals surface area contributed by atoms with Crippen LogP contribution in [0.4, 0.5) is 4.39 Å². The van der Waals surface area contributed by atoms with Crippen molar-refractivity contribution in [1.29, 1.82) is 0 Å². The average molecular weight is 470 g/mol. The van der Waals surface area contributed by atoms with Crippen LogP contribution < -0.4 is 4.74 Å². The number of hydrogen-bond donors (Lipinski definition) is 0.